The molecule has 1 aromatic heterocycles. The standard InChI is InChI=1S/C12H19N3O5S/c1-14-7-10(11(17)15(2)12(14)18)21(19,20)13-6-8-3-4-9(16)5-8/h7-9,13,16H,3-6H2,1-2H3. The van der Waals surface area contributed by atoms with Gasteiger partial charge >= 0.3 is 5.69 Å². The maximum absolute atomic E-state index is 12.2. The highest BCUT2D eigenvalue weighted by atomic mass is 32.2. The summed E-state index contributed by atoms with van der Waals surface area (Å²) in [7, 11) is -1.37. The van der Waals surface area contributed by atoms with Crippen LogP contribution in [0.25, 0.3) is 0 Å². The minimum absolute atomic E-state index is 0.0613. The summed E-state index contributed by atoms with van der Waals surface area (Å²) in [5.41, 5.74) is -1.44. The van der Waals surface area contributed by atoms with Crippen molar-refractivity contribution < 1.29 is 13.5 Å². The number of hydrogen-bond acceptors (Lipinski definition) is 5. The third-order valence-electron chi connectivity index (χ3n) is 3.78. The van der Waals surface area contributed by atoms with Crippen molar-refractivity contribution in [2.24, 2.45) is 20.0 Å². The number of sulfonamides is 1. The van der Waals surface area contributed by atoms with E-state index < -0.39 is 26.2 Å². The Morgan fingerprint density at radius 3 is 2.57 bits per heavy atom. The van der Waals surface area contributed by atoms with E-state index in [4.69, 9.17) is 0 Å². The molecule has 0 amide bonds. The highest BCUT2D eigenvalue weighted by Crippen LogP contribution is 2.24. The fraction of sp³-hybridized carbons (Fsp3) is 0.667. The number of aliphatic hydroxyl groups excluding tert-OH is 1. The quantitative estimate of drug-likeness (QED) is 0.704. The van der Waals surface area contributed by atoms with E-state index in [2.05, 4.69) is 4.72 Å². The topological polar surface area (TPSA) is 110 Å². The predicted octanol–water partition coefficient (Wildman–Crippen LogP) is -1.48. The second kappa shape index (κ2) is 5.74. The first kappa shape index (κ1) is 15.9. The number of nitrogens with one attached hydrogen (secondary N) is 1. The van der Waals surface area contributed by atoms with Crippen LogP contribution in [-0.2, 0) is 24.1 Å². The van der Waals surface area contributed by atoms with Gasteiger partial charge in [0.05, 0.1) is 6.10 Å². The molecule has 1 aliphatic rings. The van der Waals surface area contributed by atoms with Crippen LogP contribution in [0.15, 0.2) is 20.7 Å². The highest BCUT2D eigenvalue weighted by Gasteiger charge is 2.26. The van der Waals surface area contributed by atoms with E-state index in [9.17, 15) is 23.1 Å². The van der Waals surface area contributed by atoms with Gasteiger partial charge in [0.1, 0.15) is 0 Å². The Balaban J connectivity index is 2.24. The average molecular weight is 317 g/mol. The van der Waals surface area contributed by atoms with Crippen LogP contribution in [-0.4, -0.2) is 35.3 Å². The Hall–Kier alpha value is -1.45. The molecule has 1 aromatic rings. The molecule has 0 aliphatic heterocycles. The second-order valence-corrected chi connectivity index (χ2v) is 7.17. The minimum atomic E-state index is -3.98. The molecule has 0 aromatic carbocycles. The number of aryl methyl sites for hydroxylation is 1. The molecule has 21 heavy (non-hydrogen) atoms. The lowest BCUT2D eigenvalue weighted by molar-refractivity contribution is 0.178. The number of aromatic nitrogens is 2. The summed E-state index contributed by atoms with van der Waals surface area (Å²) >= 11 is 0. The molecule has 2 N–H and O–H groups in total. The van der Waals surface area contributed by atoms with Crippen LogP contribution >= 0.6 is 0 Å². The molecule has 2 atom stereocenters. The minimum Gasteiger partial charge on any atom is -0.393 e. The Morgan fingerprint density at radius 1 is 1.33 bits per heavy atom. The van der Waals surface area contributed by atoms with Crippen molar-refractivity contribution in [3.63, 3.8) is 0 Å². The Bertz CT molecular complexity index is 749. The van der Waals surface area contributed by atoms with Gasteiger partial charge in [-0.15, -0.1) is 0 Å². The van der Waals surface area contributed by atoms with Gasteiger partial charge in [0.15, 0.2) is 4.90 Å². The zero-order valence-electron chi connectivity index (χ0n) is 11.9. The van der Waals surface area contributed by atoms with Gasteiger partial charge in [-0.25, -0.2) is 17.9 Å². The van der Waals surface area contributed by atoms with Crippen LogP contribution in [0.5, 0.6) is 0 Å². The first-order valence-electron chi connectivity index (χ1n) is 6.66. The zero-order chi connectivity index (χ0) is 15.8. The van der Waals surface area contributed by atoms with E-state index in [0.717, 1.165) is 21.8 Å². The van der Waals surface area contributed by atoms with Crippen molar-refractivity contribution in [3.8, 4) is 0 Å². The summed E-state index contributed by atoms with van der Waals surface area (Å²) in [6, 6.07) is 0. The first-order valence-corrected chi connectivity index (χ1v) is 8.15. The summed E-state index contributed by atoms with van der Waals surface area (Å²) in [4.78, 5) is 23.0. The van der Waals surface area contributed by atoms with E-state index in [1.54, 1.807) is 0 Å². The van der Waals surface area contributed by atoms with Crippen molar-refractivity contribution in [2.75, 3.05) is 6.54 Å². The first-order chi connectivity index (χ1) is 9.72. The lowest BCUT2D eigenvalue weighted by atomic mass is 10.1. The number of aliphatic hydroxyl groups is 1. The van der Waals surface area contributed by atoms with E-state index in [1.165, 1.54) is 14.1 Å². The van der Waals surface area contributed by atoms with Crippen LogP contribution in [0.3, 0.4) is 0 Å². The smallest absolute Gasteiger partial charge is 0.330 e. The number of rotatable bonds is 4. The van der Waals surface area contributed by atoms with E-state index in [0.29, 0.717) is 12.8 Å². The molecule has 1 aliphatic carbocycles. The molecule has 0 bridgehead atoms. The SMILES string of the molecule is Cn1cc(S(=O)(=O)NCC2CCC(O)C2)c(=O)n(C)c1=O. The molecule has 0 radical (unpaired) electrons. The van der Waals surface area contributed by atoms with Gasteiger partial charge in [0.25, 0.3) is 5.56 Å². The van der Waals surface area contributed by atoms with Gasteiger partial charge in [0.2, 0.25) is 10.0 Å². The van der Waals surface area contributed by atoms with Gasteiger partial charge in [-0.2, -0.15) is 0 Å². The predicted molar refractivity (Wildman–Crippen MR) is 75.5 cm³/mol. The van der Waals surface area contributed by atoms with Crippen LogP contribution in [0.2, 0.25) is 0 Å². The number of nitrogens with zero attached hydrogens (tertiary/aromatic N) is 2. The third kappa shape index (κ3) is 3.25. The number of hydrogen-bond donors (Lipinski definition) is 2. The van der Waals surface area contributed by atoms with Crippen molar-refractivity contribution in [1.82, 2.24) is 13.9 Å². The fourth-order valence-electron chi connectivity index (χ4n) is 2.50. The summed E-state index contributed by atoms with van der Waals surface area (Å²) < 4.78 is 28.6. The molecule has 1 heterocycles. The molecule has 8 nitrogen and oxygen atoms in total. The van der Waals surface area contributed by atoms with Crippen LogP contribution in [0, 0.1) is 5.92 Å². The van der Waals surface area contributed by atoms with Gasteiger partial charge < -0.3 is 9.67 Å². The van der Waals surface area contributed by atoms with Crippen LogP contribution in [0.1, 0.15) is 19.3 Å². The van der Waals surface area contributed by atoms with Gasteiger partial charge in [0, 0.05) is 26.8 Å². The average Bonchev–Trinajstić information content (AvgIpc) is 2.84. The molecule has 2 rings (SSSR count). The molecule has 2 unspecified atom stereocenters. The van der Waals surface area contributed by atoms with E-state index in [-0.39, 0.29) is 18.6 Å². The molecular formula is C12H19N3O5S. The highest BCUT2D eigenvalue weighted by molar-refractivity contribution is 7.89. The lowest BCUT2D eigenvalue weighted by Crippen LogP contribution is -2.42. The summed E-state index contributed by atoms with van der Waals surface area (Å²) in [6.45, 7) is 0.172. The van der Waals surface area contributed by atoms with E-state index in [1.807, 2.05) is 0 Å². The van der Waals surface area contributed by atoms with Crippen molar-refractivity contribution in [2.45, 2.75) is 30.3 Å². The third-order valence-corrected chi connectivity index (χ3v) is 5.19. The van der Waals surface area contributed by atoms with Gasteiger partial charge in [-0.05, 0) is 25.2 Å². The molecule has 118 valence electrons. The lowest BCUT2D eigenvalue weighted by Gasteiger charge is -2.12. The maximum atomic E-state index is 12.2. The maximum Gasteiger partial charge on any atom is 0.330 e. The fourth-order valence-corrected chi connectivity index (χ4v) is 3.77. The monoisotopic (exact) mass is 317 g/mol. The molecular weight excluding hydrogens is 298 g/mol. The molecule has 1 fully saturated rings. The molecule has 9 heteroatoms. The molecule has 1 saturated carbocycles. The van der Waals surface area contributed by atoms with Crippen molar-refractivity contribution in [3.05, 3.63) is 27.0 Å². The van der Waals surface area contributed by atoms with Gasteiger partial charge in [-0.1, -0.05) is 0 Å². The molecule has 0 saturated heterocycles. The Kier molecular flexibility index (Phi) is 4.35. The van der Waals surface area contributed by atoms with Crippen molar-refractivity contribution >= 4 is 10.0 Å². The zero-order valence-corrected chi connectivity index (χ0v) is 12.8. The van der Waals surface area contributed by atoms with Gasteiger partial charge in [-0.3, -0.25) is 9.36 Å². The second-order valence-electron chi connectivity index (χ2n) is 5.44. The summed E-state index contributed by atoms with van der Waals surface area (Å²) in [5, 5.41) is 9.42. The van der Waals surface area contributed by atoms with Crippen LogP contribution in [0.4, 0.5) is 0 Å². The van der Waals surface area contributed by atoms with Crippen LogP contribution < -0.4 is 16.0 Å². The normalized spacial score (nSPS) is 22.6. The van der Waals surface area contributed by atoms with E-state index >= 15 is 0 Å². The van der Waals surface area contributed by atoms with Crippen molar-refractivity contribution in [1.29, 1.82) is 0 Å². The summed E-state index contributed by atoms with van der Waals surface area (Å²) in [6.07, 6.45) is 2.60. The largest absolute Gasteiger partial charge is 0.393 e. The Labute approximate surface area is 122 Å². The summed E-state index contributed by atoms with van der Waals surface area (Å²) in [5.74, 6) is 0.0613. The molecule has 0 spiro atoms. The Morgan fingerprint density at radius 2 is 2.00 bits per heavy atom.